The topological polar surface area (TPSA) is 80.6 Å². The van der Waals surface area contributed by atoms with Gasteiger partial charge in [-0.2, -0.15) is 0 Å². The smallest absolute Gasteiger partial charge is 0.414 e. The Morgan fingerprint density at radius 2 is 2.21 bits per heavy atom. The summed E-state index contributed by atoms with van der Waals surface area (Å²) in [7, 11) is 0. The molecule has 24 heavy (non-hydrogen) atoms. The Hall–Kier alpha value is -2.90. The molecule has 3 heterocycles. The van der Waals surface area contributed by atoms with E-state index in [0.29, 0.717) is 26.1 Å². The van der Waals surface area contributed by atoms with Crippen molar-refractivity contribution in [3.05, 3.63) is 36.2 Å². The molecule has 0 aliphatic carbocycles. The van der Waals surface area contributed by atoms with Crippen molar-refractivity contribution < 1.29 is 14.3 Å². The van der Waals surface area contributed by atoms with E-state index in [1.54, 1.807) is 26.9 Å². The van der Waals surface area contributed by atoms with Gasteiger partial charge in [0.1, 0.15) is 6.10 Å². The lowest BCUT2D eigenvalue weighted by molar-refractivity contribution is -0.117. The van der Waals surface area contributed by atoms with E-state index in [9.17, 15) is 9.59 Å². The van der Waals surface area contributed by atoms with Gasteiger partial charge in [0.2, 0.25) is 5.91 Å². The fourth-order valence-electron chi connectivity index (χ4n) is 3.25. The molecule has 4 rings (SSSR count). The summed E-state index contributed by atoms with van der Waals surface area (Å²) in [6.45, 7) is 3.52. The number of nitrogens with zero attached hydrogens (tertiary/aromatic N) is 5. The third-order valence-corrected chi connectivity index (χ3v) is 4.36. The van der Waals surface area contributed by atoms with Crippen LogP contribution < -0.4 is 9.80 Å². The van der Waals surface area contributed by atoms with Gasteiger partial charge < -0.3 is 9.64 Å². The predicted molar refractivity (Wildman–Crippen MR) is 85.8 cm³/mol. The number of anilines is 2. The molecule has 2 aliphatic rings. The van der Waals surface area contributed by atoms with Crippen molar-refractivity contribution in [3.8, 4) is 0 Å². The van der Waals surface area contributed by atoms with Gasteiger partial charge in [0, 0.05) is 24.1 Å². The third-order valence-electron chi connectivity index (χ3n) is 4.36. The Labute approximate surface area is 138 Å². The van der Waals surface area contributed by atoms with Crippen LogP contribution in [0.1, 0.15) is 12.5 Å². The Morgan fingerprint density at radius 3 is 2.96 bits per heavy atom. The summed E-state index contributed by atoms with van der Waals surface area (Å²) in [4.78, 5) is 27.5. The zero-order chi connectivity index (χ0) is 16.7. The minimum atomic E-state index is -0.378. The predicted octanol–water partition coefficient (Wildman–Crippen LogP) is 1.21. The van der Waals surface area contributed by atoms with Crippen LogP contribution >= 0.6 is 0 Å². The average Bonchev–Trinajstić information content (AvgIpc) is 3.25. The molecule has 1 unspecified atom stereocenters. The minimum Gasteiger partial charge on any atom is -0.442 e. The molecule has 2 aliphatic heterocycles. The monoisotopic (exact) mass is 327 g/mol. The van der Waals surface area contributed by atoms with Gasteiger partial charge in [0.05, 0.1) is 25.7 Å². The standard InChI is InChI=1S/C16H17N5O3/c1-2-20-14-4-3-12(7-11(14)8-15(20)22)21-10-13(24-16(21)23)9-19-6-5-17-18-19/h3-7,13H,2,8-10H2,1H3. The molecule has 8 heteroatoms. The molecule has 0 bridgehead atoms. The number of carbonyl (C=O) groups is 2. The highest BCUT2D eigenvalue weighted by atomic mass is 16.6. The largest absolute Gasteiger partial charge is 0.442 e. The summed E-state index contributed by atoms with van der Waals surface area (Å²) in [6.07, 6.45) is 3.04. The van der Waals surface area contributed by atoms with Gasteiger partial charge in [-0.15, -0.1) is 5.10 Å². The summed E-state index contributed by atoms with van der Waals surface area (Å²) >= 11 is 0. The van der Waals surface area contributed by atoms with E-state index in [1.807, 2.05) is 25.1 Å². The number of benzene rings is 1. The molecule has 0 spiro atoms. The van der Waals surface area contributed by atoms with Crippen LogP contribution in [0.4, 0.5) is 16.2 Å². The van der Waals surface area contributed by atoms with E-state index >= 15 is 0 Å². The lowest BCUT2D eigenvalue weighted by Crippen LogP contribution is -2.26. The summed E-state index contributed by atoms with van der Waals surface area (Å²) in [5, 5.41) is 7.63. The van der Waals surface area contributed by atoms with Crippen LogP contribution in [0.25, 0.3) is 0 Å². The Balaban J connectivity index is 1.53. The van der Waals surface area contributed by atoms with Gasteiger partial charge >= 0.3 is 6.09 Å². The summed E-state index contributed by atoms with van der Waals surface area (Å²) < 4.78 is 7.05. The maximum Gasteiger partial charge on any atom is 0.414 e. The molecule has 1 atom stereocenters. The SMILES string of the molecule is CCN1C(=O)Cc2cc(N3CC(Cn4ccnn4)OC3=O)ccc21. The molecule has 1 aromatic heterocycles. The fourth-order valence-corrected chi connectivity index (χ4v) is 3.25. The van der Waals surface area contributed by atoms with Crippen LogP contribution in [0.15, 0.2) is 30.6 Å². The Morgan fingerprint density at radius 1 is 1.33 bits per heavy atom. The maximum absolute atomic E-state index is 12.2. The lowest BCUT2D eigenvalue weighted by atomic mass is 10.1. The number of cyclic esters (lactones) is 1. The average molecular weight is 327 g/mol. The third kappa shape index (κ3) is 2.40. The number of rotatable bonds is 4. The first-order valence-corrected chi connectivity index (χ1v) is 7.91. The molecular weight excluding hydrogens is 310 g/mol. The number of aromatic nitrogens is 3. The number of hydrogen-bond donors (Lipinski definition) is 0. The second kappa shape index (κ2) is 5.63. The van der Waals surface area contributed by atoms with Crippen LogP contribution in [0, 0.1) is 0 Å². The lowest BCUT2D eigenvalue weighted by Gasteiger charge is -2.17. The van der Waals surface area contributed by atoms with Crippen molar-refractivity contribution in [2.24, 2.45) is 0 Å². The minimum absolute atomic E-state index is 0.0951. The van der Waals surface area contributed by atoms with Crippen LogP contribution in [-0.2, 0) is 22.5 Å². The van der Waals surface area contributed by atoms with E-state index in [-0.39, 0.29) is 18.1 Å². The molecule has 1 saturated heterocycles. The van der Waals surface area contributed by atoms with Gasteiger partial charge in [-0.3, -0.25) is 9.69 Å². The van der Waals surface area contributed by atoms with Crippen LogP contribution in [0.3, 0.4) is 0 Å². The maximum atomic E-state index is 12.2. The van der Waals surface area contributed by atoms with E-state index < -0.39 is 0 Å². The molecule has 1 aromatic carbocycles. The number of fused-ring (bicyclic) bond motifs is 1. The van der Waals surface area contributed by atoms with Crippen molar-refractivity contribution in [2.75, 3.05) is 22.9 Å². The molecule has 0 saturated carbocycles. The quantitative estimate of drug-likeness (QED) is 0.843. The van der Waals surface area contributed by atoms with E-state index in [0.717, 1.165) is 16.9 Å². The summed E-state index contributed by atoms with van der Waals surface area (Å²) in [5.74, 6) is 0.0951. The van der Waals surface area contributed by atoms with Gasteiger partial charge in [-0.05, 0) is 30.7 Å². The first-order valence-electron chi connectivity index (χ1n) is 7.91. The van der Waals surface area contributed by atoms with E-state index in [1.165, 1.54) is 0 Å². The zero-order valence-electron chi connectivity index (χ0n) is 13.3. The number of ether oxygens (including phenoxy) is 1. The molecule has 0 N–H and O–H groups in total. The van der Waals surface area contributed by atoms with Gasteiger partial charge in [0.15, 0.2) is 0 Å². The van der Waals surface area contributed by atoms with Crippen molar-refractivity contribution in [2.45, 2.75) is 26.0 Å². The summed E-state index contributed by atoms with van der Waals surface area (Å²) in [6, 6.07) is 5.66. The Kier molecular flexibility index (Phi) is 3.44. The molecule has 8 nitrogen and oxygen atoms in total. The molecule has 0 radical (unpaired) electrons. The number of amides is 2. The number of carbonyl (C=O) groups excluding carboxylic acids is 2. The second-order valence-corrected chi connectivity index (χ2v) is 5.87. The zero-order valence-corrected chi connectivity index (χ0v) is 13.3. The Bertz CT molecular complexity index is 789. The molecule has 2 amide bonds. The molecular formula is C16H17N5O3. The van der Waals surface area contributed by atoms with Crippen molar-refractivity contribution in [1.29, 1.82) is 0 Å². The molecule has 1 fully saturated rings. The first kappa shape index (κ1) is 14.7. The van der Waals surface area contributed by atoms with Crippen LogP contribution in [0.2, 0.25) is 0 Å². The fraction of sp³-hybridized carbons (Fsp3) is 0.375. The normalized spacial score (nSPS) is 19.8. The molecule has 2 aromatic rings. The van der Waals surface area contributed by atoms with Crippen molar-refractivity contribution >= 4 is 23.4 Å². The van der Waals surface area contributed by atoms with Gasteiger partial charge in [-0.25, -0.2) is 9.48 Å². The second-order valence-electron chi connectivity index (χ2n) is 5.87. The number of hydrogen-bond acceptors (Lipinski definition) is 5. The highest BCUT2D eigenvalue weighted by Crippen LogP contribution is 2.33. The summed E-state index contributed by atoms with van der Waals surface area (Å²) in [5.41, 5.74) is 2.63. The van der Waals surface area contributed by atoms with Crippen LogP contribution in [-0.4, -0.2) is 46.2 Å². The number of likely N-dealkylation sites (N-methyl/N-ethyl adjacent to an activating group) is 1. The van der Waals surface area contributed by atoms with Crippen LogP contribution in [0.5, 0.6) is 0 Å². The van der Waals surface area contributed by atoms with Gasteiger partial charge in [0.25, 0.3) is 0 Å². The van der Waals surface area contributed by atoms with Crippen molar-refractivity contribution in [1.82, 2.24) is 15.0 Å². The highest BCUT2D eigenvalue weighted by molar-refractivity contribution is 6.02. The van der Waals surface area contributed by atoms with Gasteiger partial charge in [-0.1, -0.05) is 5.21 Å². The first-order chi connectivity index (χ1) is 11.7. The van der Waals surface area contributed by atoms with E-state index in [4.69, 9.17) is 4.74 Å². The molecule has 124 valence electrons. The highest BCUT2D eigenvalue weighted by Gasteiger charge is 2.34. The van der Waals surface area contributed by atoms with E-state index in [2.05, 4.69) is 10.3 Å². The van der Waals surface area contributed by atoms with Crippen molar-refractivity contribution in [3.63, 3.8) is 0 Å².